The number of likely N-dealkylation sites (N-methyl/N-ethyl adjacent to an activating group) is 1. The predicted octanol–water partition coefficient (Wildman–Crippen LogP) is 2.42. The van der Waals surface area contributed by atoms with Crippen molar-refractivity contribution in [1.82, 2.24) is 8.87 Å². The number of hydrogen-bond donors (Lipinski definition) is 0. The Morgan fingerprint density at radius 2 is 1.88 bits per heavy atom. The summed E-state index contributed by atoms with van der Waals surface area (Å²) in [5.41, 5.74) is 0.813. The van der Waals surface area contributed by atoms with Crippen molar-refractivity contribution in [2.24, 2.45) is 7.05 Å². The summed E-state index contributed by atoms with van der Waals surface area (Å²) >= 11 is 0. The number of benzene rings is 1. The van der Waals surface area contributed by atoms with Crippen molar-refractivity contribution in [3.63, 3.8) is 0 Å². The molecule has 174 valence electrons. The summed E-state index contributed by atoms with van der Waals surface area (Å²) in [6.45, 7) is 4.35. The molecule has 0 unspecified atom stereocenters. The van der Waals surface area contributed by atoms with Crippen LogP contribution in [0, 0.1) is 0 Å². The Hall–Kier alpha value is -2.85. The van der Waals surface area contributed by atoms with Crippen LogP contribution in [0.25, 0.3) is 0 Å². The average Bonchev–Trinajstić information content (AvgIpc) is 3.42. The van der Waals surface area contributed by atoms with Gasteiger partial charge in [-0.3, -0.25) is 4.79 Å². The SMILES string of the molecule is CCOC(=O)c1cc(S(=O)(=O)N2CCC[C@H]2C(=O)N(CC)c2ccc(OC)cc2)cn1C. The molecule has 0 radical (unpaired) electrons. The molecule has 32 heavy (non-hydrogen) atoms. The Balaban J connectivity index is 1.88. The van der Waals surface area contributed by atoms with E-state index >= 15 is 0 Å². The molecule has 1 aromatic carbocycles. The Bertz CT molecular complexity index is 1080. The van der Waals surface area contributed by atoms with E-state index in [1.807, 2.05) is 6.92 Å². The maximum Gasteiger partial charge on any atom is 0.354 e. The Morgan fingerprint density at radius 3 is 2.47 bits per heavy atom. The van der Waals surface area contributed by atoms with Gasteiger partial charge in [0.15, 0.2) is 0 Å². The van der Waals surface area contributed by atoms with E-state index in [0.29, 0.717) is 30.8 Å². The van der Waals surface area contributed by atoms with Crippen LogP contribution < -0.4 is 9.64 Å². The molecule has 0 aliphatic carbocycles. The summed E-state index contributed by atoms with van der Waals surface area (Å²) in [6.07, 6.45) is 2.39. The number of amides is 1. The summed E-state index contributed by atoms with van der Waals surface area (Å²) in [5, 5.41) is 0. The van der Waals surface area contributed by atoms with Crippen molar-refractivity contribution in [2.45, 2.75) is 37.6 Å². The molecule has 1 atom stereocenters. The minimum Gasteiger partial charge on any atom is -0.497 e. The second-order valence-corrected chi connectivity index (χ2v) is 9.34. The fourth-order valence-electron chi connectivity index (χ4n) is 3.90. The summed E-state index contributed by atoms with van der Waals surface area (Å²) in [4.78, 5) is 27.0. The summed E-state index contributed by atoms with van der Waals surface area (Å²) < 4.78 is 39.6. The van der Waals surface area contributed by atoms with Crippen LogP contribution in [0.1, 0.15) is 37.2 Å². The number of sulfonamides is 1. The van der Waals surface area contributed by atoms with E-state index in [-0.39, 0.29) is 29.6 Å². The third-order valence-corrected chi connectivity index (χ3v) is 7.40. The van der Waals surface area contributed by atoms with Gasteiger partial charge in [0.05, 0.1) is 13.7 Å². The van der Waals surface area contributed by atoms with Crippen molar-refractivity contribution in [1.29, 1.82) is 0 Å². The van der Waals surface area contributed by atoms with Crippen molar-refractivity contribution in [3.05, 3.63) is 42.2 Å². The maximum atomic E-state index is 13.4. The number of aromatic nitrogens is 1. The van der Waals surface area contributed by atoms with E-state index in [4.69, 9.17) is 9.47 Å². The highest BCUT2D eigenvalue weighted by atomic mass is 32.2. The molecule has 1 amide bonds. The predicted molar refractivity (Wildman–Crippen MR) is 119 cm³/mol. The minimum absolute atomic E-state index is 0.0322. The molecule has 1 aromatic heterocycles. The quantitative estimate of drug-likeness (QED) is 0.558. The molecule has 0 saturated carbocycles. The molecule has 1 aliphatic heterocycles. The molecule has 0 bridgehead atoms. The van der Waals surface area contributed by atoms with Gasteiger partial charge in [0.25, 0.3) is 0 Å². The zero-order chi connectivity index (χ0) is 23.5. The van der Waals surface area contributed by atoms with E-state index in [9.17, 15) is 18.0 Å². The van der Waals surface area contributed by atoms with Gasteiger partial charge < -0.3 is 18.9 Å². The van der Waals surface area contributed by atoms with Crippen LogP contribution in [0.5, 0.6) is 5.75 Å². The van der Waals surface area contributed by atoms with Gasteiger partial charge in [0, 0.05) is 32.0 Å². The number of anilines is 1. The number of esters is 1. The van der Waals surface area contributed by atoms with E-state index < -0.39 is 22.0 Å². The summed E-state index contributed by atoms with van der Waals surface area (Å²) in [6, 6.07) is 7.56. The van der Waals surface area contributed by atoms with Crippen LogP contribution in [0.15, 0.2) is 41.4 Å². The molecular formula is C22H29N3O6S. The van der Waals surface area contributed by atoms with Crippen LogP contribution in [0.4, 0.5) is 5.69 Å². The molecule has 2 heterocycles. The first-order valence-corrected chi connectivity index (χ1v) is 12.0. The van der Waals surface area contributed by atoms with Crippen molar-refractivity contribution in [2.75, 3.05) is 31.7 Å². The van der Waals surface area contributed by atoms with E-state index in [0.717, 1.165) is 0 Å². The van der Waals surface area contributed by atoms with Gasteiger partial charge in [-0.05, 0) is 57.0 Å². The summed E-state index contributed by atoms with van der Waals surface area (Å²) in [5.74, 6) is -0.203. The third kappa shape index (κ3) is 4.51. The lowest BCUT2D eigenvalue weighted by molar-refractivity contribution is -0.121. The van der Waals surface area contributed by atoms with Crippen LogP contribution in [0.2, 0.25) is 0 Å². The fraction of sp³-hybridized carbons (Fsp3) is 0.455. The van der Waals surface area contributed by atoms with Crippen LogP contribution in [-0.4, -0.2) is 62.0 Å². The van der Waals surface area contributed by atoms with Gasteiger partial charge in [0.1, 0.15) is 22.4 Å². The molecule has 3 rings (SSSR count). The number of ether oxygens (including phenoxy) is 2. The average molecular weight is 464 g/mol. The summed E-state index contributed by atoms with van der Waals surface area (Å²) in [7, 11) is -0.831. The fourth-order valence-corrected chi connectivity index (χ4v) is 5.62. The molecule has 1 aliphatic rings. The lowest BCUT2D eigenvalue weighted by Crippen LogP contribution is -2.47. The van der Waals surface area contributed by atoms with E-state index in [2.05, 4.69) is 0 Å². The highest BCUT2D eigenvalue weighted by Crippen LogP contribution is 2.30. The topological polar surface area (TPSA) is 98.2 Å². The first-order chi connectivity index (χ1) is 15.2. The molecule has 2 aromatic rings. The second-order valence-electron chi connectivity index (χ2n) is 7.45. The Labute approximate surface area is 188 Å². The number of methoxy groups -OCH3 is 1. The highest BCUT2D eigenvalue weighted by Gasteiger charge is 2.42. The second kappa shape index (κ2) is 9.74. The largest absolute Gasteiger partial charge is 0.497 e. The number of hydrogen-bond acceptors (Lipinski definition) is 6. The molecule has 9 nitrogen and oxygen atoms in total. The molecule has 0 N–H and O–H groups in total. The zero-order valence-electron chi connectivity index (χ0n) is 18.8. The number of carbonyl (C=O) groups is 2. The van der Waals surface area contributed by atoms with Crippen molar-refractivity contribution >= 4 is 27.6 Å². The number of carbonyl (C=O) groups excluding carboxylic acids is 2. The molecular weight excluding hydrogens is 434 g/mol. The molecule has 10 heteroatoms. The monoisotopic (exact) mass is 463 g/mol. The smallest absolute Gasteiger partial charge is 0.354 e. The van der Waals surface area contributed by atoms with E-state index in [1.165, 1.54) is 21.1 Å². The first-order valence-electron chi connectivity index (χ1n) is 10.5. The van der Waals surface area contributed by atoms with Crippen LogP contribution in [-0.2, 0) is 26.6 Å². The highest BCUT2D eigenvalue weighted by molar-refractivity contribution is 7.89. The minimum atomic E-state index is -3.98. The lowest BCUT2D eigenvalue weighted by Gasteiger charge is -2.29. The number of nitrogens with zero attached hydrogens (tertiary/aromatic N) is 3. The van der Waals surface area contributed by atoms with Crippen LogP contribution >= 0.6 is 0 Å². The molecule has 1 fully saturated rings. The van der Waals surface area contributed by atoms with Crippen molar-refractivity contribution in [3.8, 4) is 5.75 Å². The standard InChI is InChI=1S/C22H29N3O6S/c1-5-24(16-9-11-17(30-4)12-10-16)21(26)19-8-7-13-25(19)32(28,29)18-14-20(23(3)15-18)22(27)31-6-2/h9-12,14-15,19H,5-8,13H2,1-4H3/t19-/m0/s1. The third-order valence-electron chi connectivity index (χ3n) is 5.53. The van der Waals surface area contributed by atoms with Crippen LogP contribution in [0.3, 0.4) is 0 Å². The van der Waals surface area contributed by atoms with Crippen molar-refractivity contribution < 1.29 is 27.5 Å². The van der Waals surface area contributed by atoms with Gasteiger partial charge >= 0.3 is 5.97 Å². The zero-order valence-corrected chi connectivity index (χ0v) is 19.6. The molecule has 1 saturated heterocycles. The first kappa shape index (κ1) is 23.8. The van der Waals surface area contributed by atoms with E-state index in [1.54, 1.807) is 50.2 Å². The van der Waals surface area contributed by atoms with Gasteiger partial charge in [-0.2, -0.15) is 4.31 Å². The maximum absolute atomic E-state index is 13.4. The Morgan fingerprint density at radius 1 is 1.19 bits per heavy atom. The number of rotatable bonds is 8. The van der Waals surface area contributed by atoms with Gasteiger partial charge in [0.2, 0.25) is 15.9 Å². The molecule has 0 spiro atoms. The van der Waals surface area contributed by atoms with Gasteiger partial charge in [-0.1, -0.05) is 0 Å². The normalized spacial score (nSPS) is 16.7. The van der Waals surface area contributed by atoms with Gasteiger partial charge in [-0.25, -0.2) is 13.2 Å². The van der Waals surface area contributed by atoms with Gasteiger partial charge in [-0.15, -0.1) is 0 Å². The lowest BCUT2D eigenvalue weighted by atomic mass is 10.2. The Kier molecular flexibility index (Phi) is 7.25. The number of aryl methyl sites for hydroxylation is 1.